The third-order valence-corrected chi connectivity index (χ3v) is 3.24. The minimum absolute atomic E-state index is 0.460. The maximum Gasteiger partial charge on any atom is 0.0766 e. The Balaban J connectivity index is 1.95. The van der Waals surface area contributed by atoms with Crippen LogP contribution in [0.25, 0.3) is 16.5 Å². The molecule has 20 heavy (non-hydrogen) atoms. The molecule has 2 heterocycles. The van der Waals surface area contributed by atoms with Gasteiger partial charge in [0.15, 0.2) is 0 Å². The molecule has 0 atom stereocenters. The molecule has 1 N–H and O–H groups in total. The zero-order chi connectivity index (χ0) is 13.9. The fourth-order valence-corrected chi connectivity index (χ4v) is 2.20. The molecule has 0 fully saturated rings. The Morgan fingerprint density at radius 1 is 1.20 bits per heavy atom. The lowest BCUT2D eigenvalue weighted by molar-refractivity contribution is 0.578. The third-order valence-electron chi connectivity index (χ3n) is 3.24. The average molecular weight is 266 g/mol. The summed E-state index contributed by atoms with van der Waals surface area (Å²) in [5, 5.41) is 10.3. The van der Waals surface area contributed by atoms with E-state index in [-0.39, 0.29) is 0 Å². The smallest absolute Gasteiger partial charge is 0.0766 e. The second-order valence-electron chi connectivity index (χ2n) is 5.16. The van der Waals surface area contributed by atoms with E-state index < -0.39 is 0 Å². The van der Waals surface area contributed by atoms with Crippen LogP contribution in [0, 0.1) is 0 Å². The van der Waals surface area contributed by atoms with Gasteiger partial charge in [0.2, 0.25) is 0 Å². The van der Waals surface area contributed by atoms with Gasteiger partial charge in [-0.25, -0.2) is 4.68 Å². The molecule has 3 aromatic rings. The summed E-state index contributed by atoms with van der Waals surface area (Å²) in [7, 11) is 0. The normalized spacial score (nSPS) is 11.3. The Hall–Kier alpha value is -2.20. The SMILES string of the molecule is CC(C)NCc1ccn(-c2cccc3ccncc23)n1. The van der Waals surface area contributed by atoms with Gasteiger partial charge in [0.25, 0.3) is 0 Å². The van der Waals surface area contributed by atoms with Crippen LogP contribution in [0.1, 0.15) is 19.5 Å². The Morgan fingerprint density at radius 3 is 2.95 bits per heavy atom. The Kier molecular flexibility index (Phi) is 3.48. The quantitative estimate of drug-likeness (QED) is 0.789. The molecule has 3 rings (SSSR count). The van der Waals surface area contributed by atoms with E-state index in [1.807, 2.05) is 41.5 Å². The monoisotopic (exact) mass is 266 g/mol. The molecular weight excluding hydrogens is 248 g/mol. The topological polar surface area (TPSA) is 42.7 Å². The number of benzene rings is 1. The summed E-state index contributed by atoms with van der Waals surface area (Å²) in [4.78, 5) is 4.21. The van der Waals surface area contributed by atoms with Gasteiger partial charge in [-0.2, -0.15) is 5.10 Å². The number of hydrogen-bond acceptors (Lipinski definition) is 3. The largest absolute Gasteiger partial charge is 0.309 e. The van der Waals surface area contributed by atoms with Crippen molar-refractivity contribution in [1.29, 1.82) is 0 Å². The Morgan fingerprint density at radius 2 is 2.10 bits per heavy atom. The molecule has 0 bridgehead atoms. The average Bonchev–Trinajstić information content (AvgIpc) is 2.93. The number of pyridine rings is 1. The van der Waals surface area contributed by atoms with Crippen molar-refractivity contribution < 1.29 is 0 Å². The van der Waals surface area contributed by atoms with Gasteiger partial charge in [-0.3, -0.25) is 4.98 Å². The highest BCUT2D eigenvalue weighted by Crippen LogP contribution is 2.20. The number of hydrogen-bond donors (Lipinski definition) is 1. The van der Waals surface area contributed by atoms with E-state index >= 15 is 0 Å². The number of nitrogens with zero attached hydrogens (tertiary/aromatic N) is 3. The summed E-state index contributed by atoms with van der Waals surface area (Å²) in [6.45, 7) is 5.05. The van der Waals surface area contributed by atoms with Crippen molar-refractivity contribution in [2.24, 2.45) is 0 Å². The van der Waals surface area contributed by atoms with E-state index in [1.165, 1.54) is 5.39 Å². The lowest BCUT2D eigenvalue weighted by atomic mass is 10.1. The van der Waals surface area contributed by atoms with Gasteiger partial charge in [0, 0.05) is 36.6 Å². The van der Waals surface area contributed by atoms with Crippen LogP contribution in [0.2, 0.25) is 0 Å². The second kappa shape index (κ2) is 5.43. The number of rotatable bonds is 4. The minimum Gasteiger partial charge on any atom is -0.309 e. The summed E-state index contributed by atoms with van der Waals surface area (Å²) in [6, 6.07) is 10.7. The number of fused-ring (bicyclic) bond motifs is 1. The highest BCUT2D eigenvalue weighted by Gasteiger charge is 2.05. The molecule has 0 radical (unpaired) electrons. The first-order chi connectivity index (χ1) is 9.74. The van der Waals surface area contributed by atoms with Gasteiger partial charge >= 0.3 is 0 Å². The predicted octanol–water partition coefficient (Wildman–Crippen LogP) is 2.92. The summed E-state index contributed by atoms with van der Waals surface area (Å²) >= 11 is 0. The van der Waals surface area contributed by atoms with Gasteiger partial charge in [0.05, 0.1) is 11.4 Å². The van der Waals surface area contributed by atoms with Crippen LogP contribution in [-0.2, 0) is 6.54 Å². The summed E-state index contributed by atoms with van der Waals surface area (Å²) in [6.07, 6.45) is 5.70. The van der Waals surface area contributed by atoms with Crippen molar-refractivity contribution in [3.8, 4) is 5.69 Å². The van der Waals surface area contributed by atoms with Gasteiger partial charge in [-0.05, 0) is 23.6 Å². The van der Waals surface area contributed by atoms with Gasteiger partial charge in [-0.15, -0.1) is 0 Å². The molecule has 4 nitrogen and oxygen atoms in total. The van der Waals surface area contributed by atoms with E-state index in [1.54, 1.807) is 0 Å². The first-order valence-corrected chi connectivity index (χ1v) is 6.85. The fraction of sp³-hybridized carbons (Fsp3) is 0.250. The van der Waals surface area contributed by atoms with Crippen LogP contribution in [0.15, 0.2) is 48.9 Å². The molecule has 0 aliphatic heterocycles. The first kappa shape index (κ1) is 12.8. The maximum atomic E-state index is 4.63. The lowest BCUT2D eigenvalue weighted by Gasteiger charge is -2.07. The third kappa shape index (κ3) is 2.56. The maximum absolute atomic E-state index is 4.63. The number of aromatic nitrogens is 3. The van der Waals surface area contributed by atoms with Crippen LogP contribution < -0.4 is 5.32 Å². The zero-order valence-corrected chi connectivity index (χ0v) is 11.7. The molecule has 0 saturated heterocycles. The van der Waals surface area contributed by atoms with Crippen molar-refractivity contribution in [3.05, 3.63) is 54.6 Å². The molecule has 0 unspecified atom stereocenters. The highest BCUT2D eigenvalue weighted by molar-refractivity contribution is 5.89. The number of nitrogens with one attached hydrogen (secondary N) is 1. The lowest BCUT2D eigenvalue weighted by Crippen LogP contribution is -2.22. The predicted molar refractivity (Wildman–Crippen MR) is 80.8 cm³/mol. The molecule has 0 spiro atoms. The Labute approximate surface area is 118 Å². The van der Waals surface area contributed by atoms with E-state index in [0.29, 0.717) is 6.04 Å². The molecule has 0 aliphatic carbocycles. The van der Waals surface area contributed by atoms with Crippen LogP contribution in [-0.4, -0.2) is 20.8 Å². The summed E-state index contributed by atoms with van der Waals surface area (Å²) in [5.41, 5.74) is 2.10. The van der Waals surface area contributed by atoms with Crippen molar-refractivity contribution in [3.63, 3.8) is 0 Å². The zero-order valence-electron chi connectivity index (χ0n) is 11.7. The molecule has 0 aliphatic rings. The van der Waals surface area contributed by atoms with Gasteiger partial charge < -0.3 is 5.32 Å². The second-order valence-corrected chi connectivity index (χ2v) is 5.16. The Bertz CT molecular complexity index is 710. The highest BCUT2D eigenvalue weighted by atomic mass is 15.3. The van der Waals surface area contributed by atoms with Crippen LogP contribution in [0.3, 0.4) is 0 Å². The van der Waals surface area contributed by atoms with Crippen molar-refractivity contribution in [2.75, 3.05) is 0 Å². The molecule has 0 amide bonds. The summed E-state index contributed by atoms with van der Waals surface area (Å²) < 4.78 is 1.92. The molecular formula is C16H18N4. The fourth-order valence-electron chi connectivity index (χ4n) is 2.20. The van der Waals surface area contributed by atoms with Crippen LogP contribution >= 0.6 is 0 Å². The molecule has 4 heteroatoms. The standard InChI is InChI=1S/C16H18N4/c1-12(2)18-10-14-7-9-20(19-14)16-5-3-4-13-6-8-17-11-15(13)16/h3-9,11-12,18H,10H2,1-2H3. The van der Waals surface area contributed by atoms with E-state index in [9.17, 15) is 0 Å². The van der Waals surface area contributed by atoms with Crippen molar-refractivity contribution in [1.82, 2.24) is 20.1 Å². The van der Waals surface area contributed by atoms with Crippen molar-refractivity contribution >= 4 is 10.8 Å². The molecule has 2 aromatic heterocycles. The van der Waals surface area contributed by atoms with E-state index in [0.717, 1.165) is 23.3 Å². The van der Waals surface area contributed by atoms with Crippen LogP contribution in [0.5, 0.6) is 0 Å². The molecule has 0 saturated carbocycles. The first-order valence-electron chi connectivity index (χ1n) is 6.85. The van der Waals surface area contributed by atoms with E-state index in [2.05, 4.69) is 41.4 Å². The minimum atomic E-state index is 0.460. The van der Waals surface area contributed by atoms with Gasteiger partial charge in [0.1, 0.15) is 0 Å². The van der Waals surface area contributed by atoms with Crippen LogP contribution in [0.4, 0.5) is 0 Å². The summed E-state index contributed by atoms with van der Waals surface area (Å²) in [5.74, 6) is 0. The van der Waals surface area contributed by atoms with Crippen molar-refractivity contribution in [2.45, 2.75) is 26.4 Å². The molecule has 1 aromatic carbocycles. The van der Waals surface area contributed by atoms with E-state index in [4.69, 9.17) is 0 Å². The molecule has 102 valence electrons. The van der Waals surface area contributed by atoms with Gasteiger partial charge in [-0.1, -0.05) is 26.0 Å².